The number of nitrogens with zero attached hydrogens (tertiary/aromatic N) is 2. The predicted octanol–water partition coefficient (Wildman–Crippen LogP) is 3.39. The number of hydrogen-bond donors (Lipinski definition) is 0. The molecule has 116 valence electrons. The highest BCUT2D eigenvalue weighted by molar-refractivity contribution is 6.00. The van der Waals surface area contributed by atoms with E-state index in [1.54, 1.807) is 0 Å². The van der Waals surface area contributed by atoms with Gasteiger partial charge in [0.15, 0.2) is 0 Å². The van der Waals surface area contributed by atoms with Gasteiger partial charge >= 0.3 is 0 Å². The number of rotatable bonds is 2. The maximum atomic E-state index is 13.0. The monoisotopic (exact) mass is 304 g/mol. The lowest BCUT2D eigenvalue weighted by Crippen LogP contribution is -2.45. The van der Waals surface area contributed by atoms with Gasteiger partial charge in [0, 0.05) is 25.7 Å². The Bertz CT molecular complexity index is 768. The van der Waals surface area contributed by atoms with Crippen LogP contribution in [0, 0.1) is 0 Å². The van der Waals surface area contributed by atoms with Gasteiger partial charge < -0.3 is 9.80 Å². The van der Waals surface area contributed by atoms with Crippen molar-refractivity contribution in [1.82, 2.24) is 9.80 Å². The second-order valence-electron chi connectivity index (χ2n) is 6.39. The van der Waals surface area contributed by atoms with Crippen LogP contribution in [-0.2, 0) is 12.1 Å². The minimum absolute atomic E-state index is 0.138. The van der Waals surface area contributed by atoms with Crippen molar-refractivity contribution in [3.05, 3.63) is 83.6 Å². The van der Waals surface area contributed by atoms with Gasteiger partial charge in [-0.05, 0) is 35.9 Å². The fourth-order valence-electron chi connectivity index (χ4n) is 3.70. The summed E-state index contributed by atoms with van der Waals surface area (Å²) in [7, 11) is 2.08. The molecule has 0 saturated heterocycles. The summed E-state index contributed by atoms with van der Waals surface area (Å²) in [5.74, 6) is 0.138. The first-order valence-electron chi connectivity index (χ1n) is 8.06. The summed E-state index contributed by atoms with van der Waals surface area (Å²) in [6.07, 6.45) is 5.23. The van der Waals surface area contributed by atoms with Crippen LogP contribution in [-0.4, -0.2) is 29.3 Å². The Morgan fingerprint density at radius 2 is 1.78 bits per heavy atom. The zero-order valence-electron chi connectivity index (χ0n) is 13.3. The van der Waals surface area contributed by atoms with Crippen LogP contribution < -0.4 is 0 Å². The van der Waals surface area contributed by atoms with E-state index in [9.17, 15) is 4.79 Å². The molecule has 3 heteroatoms. The molecule has 1 atom stereocenters. The predicted molar refractivity (Wildman–Crippen MR) is 90.8 cm³/mol. The van der Waals surface area contributed by atoms with Crippen molar-refractivity contribution < 1.29 is 4.79 Å². The van der Waals surface area contributed by atoms with E-state index >= 15 is 0 Å². The molecule has 2 aliphatic heterocycles. The number of benzene rings is 2. The van der Waals surface area contributed by atoms with Gasteiger partial charge in [-0.25, -0.2) is 0 Å². The second kappa shape index (κ2) is 5.27. The minimum atomic E-state index is -0.309. The van der Waals surface area contributed by atoms with Crippen LogP contribution >= 0.6 is 0 Å². The zero-order chi connectivity index (χ0) is 15.9. The maximum Gasteiger partial charge on any atom is 0.255 e. The molecule has 0 radical (unpaired) electrons. The van der Waals surface area contributed by atoms with Gasteiger partial charge in [-0.1, -0.05) is 48.5 Å². The Morgan fingerprint density at radius 3 is 2.52 bits per heavy atom. The molecule has 23 heavy (non-hydrogen) atoms. The van der Waals surface area contributed by atoms with Crippen molar-refractivity contribution in [3.8, 4) is 0 Å². The average molecular weight is 304 g/mol. The molecule has 0 saturated carbocycles. The molecule has 2 aromatic rings. The lowest BCUT2D eigenvalue weighted by atomic mass is 9.84. The molecule has 2 heterocycles. The summed E-state index contributed by atoms with van der Waals surface area (Å²) in [6, 6.07) is 18.3. The first-order chi connectivity index (χ1) is 11.2. The Labute approximate surface area is 136 Å². The fourth-order valence-corrected chi connectivity index (χ4v) is 3.70. The largest absolute Gasteiger partial charge is 0.380 e. The maximum absolute atomic E-state index is 13.0. The molecule has 0 aromatic heterocycles. The zero-order valence-corrected chi connectivity index (χ0v) is 13.3. The Kier molecular flexibility index (Phi) is 3.22. The third-order valence-corrected chi connectivity index (χ3v) is 4.98. The number of carbonyl (C=O) groups is 1. The topological polar surface area (TPSA) is 23.6 Å². The fraction of sp³-hybridized carbons (Fsp3) is 0.250. The first kappa shape index (κ1) is 14.1. The normalized spacial score (nSPS) is 22.7. The van der Waals surface area contributed by atoms with Crippen molar-refractivity contribution in [2.24, 2.45) is 0 Å². The van der Waals surface area contributed by atoms with Crippen LogP contribution in [0.15, 0.2) is 66.9 Å². The molecule has 0 fully saturated rings. The second-order valence-corrected chi connectivity index (χ2v) is 6.39. The highest BCUT2D eigenvalue weighted by Crippen LogP contribution is 2.45. The lowest BCUT2D eigenvalue weighted by Gasteiger charge is -2.41. The van der Waals surface area contributed by atoms with E-state index in [0.29, 0.717) is 6.54 Å². The summed E-state index contributed by atoms with van der Waals surface area (Å²) in [4.78, 5) is 17.3. The van der Waals surface area contributed by atoms with E-state index in [0.717, 1.165) is 24.1 Å². The molecule has 0 aliphatic carbocycles. The molecule has 1 unspecified atom stereocenters. The van der Waals surface area contributed by atoms with Crippen molar-refractivity contribution in [3.63, 3.8) is 0 Å². The van der Waals surface area contributed by atoms with Gasteiger partial charge in [0.05, 0.1) is 5.54 Å². The van der Waals surface area contributed by atoms with Gasteiger partial charge in [0.2, 0.25) is 0 Å². The molecule has 3 nitrogen and oxygen atoms in total. The number of fused-ring (bicyclic) bond motifs is 2. The summed E-state index contributed by atoms with van der Waals surface area (Å²) in [5.41, 5.74) is 2.85. The molecule has 1 amide bonds. The highest BCUT2D eigenvalue weighted by atomic mass is 16.2. The first-order valence-corrected chi connectivity index (χ1v) is 8.06. The van der Waals surface area contributed by atoms with E-state index in [4.69, 9.17) is 0 Å². The van der Waals surface area contributed by atoms with Crippen molar-refractivity contribution in [2.45, 2.75) is 18.5 Å². The van der Waals surface area contributed by atoms with Gasteiger partial charge in [0.1, 0.15) is 0 Å². The molecule has 2 aromatic carbocycles. The van der Waals surface area contributed by atoms with Crippen LogP contribution in [0.5, 0.6) is 0 Å². The minimum Gasteiger partial charge on any atom is -0.380 e. The number of carbonyl (C=O) groups excluding carboxylic acids is 1. The average Bonchev–Trinajstić information content (AvgIpc) is 2.82. The third kappa shape index (κ3) is 2.15. The summed E-state index contributed by atoms with van der Waals surface area (Å²) in [6.45, 7) is 1.59. The van der Waals surface area contributed by atoms with Crippen molar-refractivity contribution in [1.29, 1.82) is 0 Å². The smallest absolute Gasteiger partial charge is 0.255 e. The lowest BCUT2D eigenvalue weighted by molar-refractivity contribution is 0.0566. The van der Waals surface area contributed by atoms with Gasteiger partial charge in [-0.2, -0.15) is 0 Å². The molecular formula is C20H20N2O. The van der Waals surface area contributed by atoms with Crippen LogP contribution in [0.3, 0.4) is 0 Å². The molecular weight excluding hydrogens is 284 g/mol. The van der Waals surface area contributed by atoms with Gasteiger partial charge in [0.25, 0.3) is 5.91 Å². The van der Waals surface area contributed by atoms with E-state index in [2.05, 4.69) is 42.4 Å². The molecule has 0 bridgehead atoms. The van der Waals surface area contributed by atoms with Crippen molar-refractivity contribution in [2.75, 3.05) is 13.6 Å². The van der Waals surface area contributed by atoms with Crippen molar-refractivity contribution >= 4 is 5.91 Å². The summed E-state index contributed by atoms with van der Waals surface area (Å²) >= 11 is 0. The molecule has 2 aliphatic rings. The standard InChI is InChI=1S/C20H20N2O/c1-21-13-11-20(12-14-21)18-10-6-5-9-17(18)19(23)22(20)15-16-7-3-2-4-8-16/h2-11,13H,12,14-15H2,1H3. The molecule has 1 spiro atoms. The van der Waals surface area contributed by atoms with Gasteiger partial charge in [-0.3, -0.25) is 4.79 Å². The summed E-state index contributed by atoms with van der Waals surface area (Å²) < 4.78 is 0. The third-order valence-electron chi connectivity index (χ3n) is 4.98. The molecule has 0 N–H and O–H groups in total. The van der Waals surface area contributed by atoms with Crippen LogP contribution in [0.25, 0.3) is 0 Å². The SMILES string of the molecule is CN1C=CC2(CC1)c1ccccc1C(=O)N2Cc1ccccc1. The summed E-state index contributed by atoms with van der Waals surface area (Å²) in [5, 5.41) is 0. The van der Waals surface area contributed by atoms with Crippen LogP contribution in [0.2, 0.25) is 0 Å². The Hall–Kier alpha value is -2.55. The Balaban J connectivity index is 1.81. The number of amides is 1. The van der Waals surface area contributed by atoms with E-state index in [1.807, 2.05) is 41.3 Å². The van der Waals surface area contributed by atoms with Crippen LogP contribution in [0.1, 0.15) is 27.9 Å². The van der Waals surface area contributed by atoms with E-state index in [1.165, 1.54) is 5.56 Å². The highest BCUT2D eigenvalue weighted by Gasteiger charge is 2.48. The van der Waals surface area contributed by atoms with Crippen LogP contribution in [0.4, 0.5) is 0 Å². The molecule has 4 rings (SSSR count). The number of hydrogen-bond acceptors (Lipinski definition) is 2. The van der Waals surface area contributed by atoms with Gasteiger partial charge in [-0.15, -0.1) is 0 Å². The Morgan fingerprint density at radius 1 is 1.04 bits per heavy atom. The van der Waals surface area contributed by atoms with E-state index < -0.39 is 0 Å². The quantitative estimate of drug-likeness (QED) is 0.849. The van der Waals surface area contributed by atoms with E-state index in [-0.39, 0.29) is 11.4 Å².